The number of carboxylic acids is 1. The third-order valence-electron chi connectivity index (χ3n) is 3.18. The molecule has 0 heterocycles. The van der Waals surface area contributed by atoms with E-state index in [4.69, 9.17) is 21.4 Å². The number of benzene rings is 1. The number of nitrogens with one attached hydrogen (secondary N) is 1. The van der Waals surface area contributed by atoms with Gasteiger partial charge in [-0.1, -0.05) is 25.4 Å². The highest BCUT2D eigenvalue weighted by atomic mass is 35.5. The van der Waals surface area contributed by atoms with Crippen LogP contribution in [0.25, 0.3) is 0 Å². The van der Waals surface area contributed by atoms with Crippen LogP contribution in [0.3, 0.4) is 0 Å². The summed E-state index contributed by atoms with van der Waals surface area (Å²) < 4.78 is 5.46. The SMILES string of the molecule is CCC(CC)NC(=O)C(C)Oc1cc(Cl)ccc1C(=O)O. The first-order valence-electron chi connectivity index (χ1n) is 6.88. The van der Waals surface area contributed by atoms with E-state index < -0.39 is 12.1 Å². The average Bonchev–Trinajstić information content (AvgIpc) is 2.44. The Kier molecular flexibility index (Phi) is 6.49. The van der Waals surface area contributed by atoms with Gasteiger partial charge in [-0.05, 0) is 38.0 Å². The maximum absolute atomic E-state index is 12.0. The van der Waals surface area contributed by atoms with E-state index >= 15 is 0 Å². The van der Waals surface area contributed by atoms with Crippen molar-refractivity contribution in [3.05, 3.63) is 28.8 Å². The van der Waals surface area contributed by atoms with Gasteiger partial charge in [-0.25, -0.2) is 4.79 Å². The molecular weight excluding hydrogens is 294 g/mol. The van der Waals surface area contributed by atoms with Crippen LogP contribution in [0, 0.1) is 0 Å². The van der Waals surface area contributed by atoms with Gasteiger partial charge in [0.2, 0.25) is 0 Å². The largest absolute Gasteiger partial charge is 0.480 e. The van der Waals surface area contributed by atoms with Crippen molar-refractivity contribution in [2.75, 3.05) is 0 Å². The van der Waals surface area contributed by atoms with Crippen LogP contribution < -0.4 is 10.1 Å². The number of carbonyl (C=O) groups excluding carboxylic acids is 1. The zero-order valence-corrected chi connectivity index (χ0v) is 13.1. The van der Waals surface area contributed by atoms with Gasteiger partial charge in [-0.2, -0.15) is 0 Å². The first-order valence-corrected chi connectivity index (χ1v) is 7.26. The highest BCUT2D eigenvalue weighted by molar-refractivity contribution is 6.30. The Morgan fingerprint density at radius 3 is 2.48 bits per heavy atom. The van der Waals surface area contributed by atoms with Crippen molar-refractivity contribution in [1.29, 1.82) is 0 Å². The molecule has 0 aliphatic rings. The lowest BCUT2D eigenvalue weighted by molar-refractivity contribution is -0.128. The Morgan fingerprint density at radius 2 is 1.95 bits per heavy atom. The number of carboxylic acid groups (broad SMARTS) is 1. The van der Waals surface area contributed by atoms with Crippen molar-refractivity contribution in [2.24, 2.45) is 0 Å². The predicted molar refractivity (Wildman–Crippen MR) is 81.0 cm³/mol. The zero-order valence-electron chi connectivity index (χ0n) is 12.4. The number of halogens is 1. The highest BCUT2D eigenvalue weighted by Crippen LogP contribution is 2.24. The second-order valence-corrected chi connectivity index (χ2v) is 5.16. The van der Waals surface area contributed by atoms with Crippen LogP contribution in [0.2, 0.25) is 5.02 Å². The van der Waals surface area contributed by atoms with Gasteiger partial charge < -0.3 is 15.2 Å². The third-order valence-corrected chi connectivity index (χ3v) is 3.41. The molecule has 0 radical (unpaired) electrons. The van der Waals surface area contributed by atoms with Gasteiger partial charge in [0.25, 0.3) is 5.91 Å². The maximum Gasteiger partial charge on any atom is 0.339 e. The Hall–Kier alpha value is -1.75. The molecule has 1 amide bonds. The lowest BCUT2D eigenvalue weighted by atomic mass is 10.1. The van der Waals surface area contributed by atoms with Crippen LogP contribution in [0.15, 0.2) is 18.2 Å². The Balaban J connectivity index is 2.83. The van der Waals surface area contributed by atoms with E-state index in [1.807, 2.05) is 13.8 Å². The summed E-state index contributed by atoms with van der Waals surface area (Å²) in [6.07, 6.45) is 0.848. The number of ether oxygens (including phenoxy) is 1. The van der Waals surface area contributed by atoms with E-state index in [1.54, 1.807) is 6.92 Å². The van der Waals surface area contributed by atoms with Crippen LogP contribution in [0.1, 0.15) is 44.0 Å². The summed E-state index contributed by atoms with van der Waals surface area (Å²) in [5, 5.41) is 12.3. The summed E-state index contributed by atoms with van der Waals surface area (Å²) in [6, 6.07) is 4.30. The van der Waals surface area contributed by atoms with Crippen molar-refractivity contribution in [3.8, 4) is 5.75 Å². The van der Waals surface area contributed by atoms with Gasteiger partial charge >= 0.3 is 5.97 Å². The summed E-state index contributed by atoms with van der Waals surface area (Å²) in [6.45, 7) is 5.54. The van der Waals surface area contributed by atoms with Gasteiger partial charge in [0.05, 0.1) is 0 Å². The van der Waals surface area contributed by atoms with Crippen molar-refractivity contribution in [1.82, 2.24) is 5.32 Å². The highest BCUT2D eigenvalue weighted by Gasteiger charge is 2.20. The molecule has 1 rings (SSSR count). The number of hydrogen-bond acceptors (Lipinski definition) is 3. The molecule has 5 nitrogen and oxygen atoms in total. The van der Waals surface area contributed by atoms with Gasteiger partial charge in [-0.3, -0.25) is 4.79 Å². The summed E-state index contributed by atoms with van der Waals surface area (Å²) in [5.41, 5.74) is -0.0263. The lowest BCUT2D eigenvalue weighted by Crippen LogP contribution is -2.42. The molecular formula is C15H20ClNO4. The molecule has 6 heteroatoms. The van der Waals surface area contributed by atoms with Crippen molar-refractivity contribution < 1.29 is 19.4 Å². The molecule has 0 fully saturated rings. The van der Waals surface area contributed by atoms with Crippen LogP contribution in [-0.4, -0.2) is 29.1 Å². The monoisotopic (exact) mass is 313 g/mol. The smallest absolute Gasteiger partial charge is 0.339 e. The molecule has 0 saturated carbocycles. The van der Waals surface area contributed by atoms with E-state index in [-0.39, 0.29) is 23.3 Å². The molecule has 0 bridgehead atoms. The second-order valence-electron chi connectivity index (χ2n) is 4.73. The Bertz CT molecular complexity index is 514. The normalized spacial score (nSPS) is 12.0. The molecule has 1 atom stereocenters. The fraction of sp³-hybridized carbons (Fsp3) is 0.467. The van der Waals surface area contributed by atoms with Gasteiger partial charge in [0.1, 0.15) is 11.3 Å². The fourth-order valence-electron chi connectivity index (χ4n) is 1.83. The van der Waals surface area contributed by atoms with Crippen LogP contribution in [-0.2, 0) is 4.79 Å². The summed E-state index contributed by atoms with van der Waals surface area (Å²) in [4.78, 5) is 23.2. The molecule has 1 unspecified atom stereocenters. The van der Waals surface area contributed by atoms with E-state index in [2.05, 4.69) is 5.32 Å². The molecule has 0 aliphatic carbocycles. The molecule has 1 aromatic rings. The predicted octanol–water partition coefficient (Wildman–Crippen LogP) is 3.11. The average molecular weight is 314 g/mol. The summed E-state index contributed by atoms with van der Waals surface area (Å²) in [5.74, 6) is -1.32. The van der Waals surface area contributed by atoms with E-state index in [0.717, 1.165) is 12.8 Å². The third kappa shape index (κ3) is 4.93. The Morgan fingerprint density at radius 1 is 1.33 bits per heavy atom. The first kappa shape index (κ1) is 17.3. The van der Waals surface area contributed by atoms with E-state index in [0.29, 0.717) is 5.02 Å². The van der Waals surface area contributed by atoms with Crippen molar-refractivity contribution >= 4 is 23.5 Å². The molecule has 1 aromatic carbocycles. The van der Waals surface area contributed by atoms with Crippen molar-refractivity contribution in [2.45, 2.75) is 45.8 Å². The minimum absolute atomic E-state index is 0.0263. The van der Waals surface area contributed by atoms with Gasteiger partial charge in [-0.15, -0.1) is 0 Å². The number of amides is 1. The molecule has 116 valence electrons. The summed E-state index contributed by atoms with van der Waals surface area (Å²) in [7, 11) is 0. The minimum atomic E-state index is -1.13. The number of hydrogen-bond donors (Lipinski definition) is 2. The summed E-state index contributed by atoms with van der Waals surface area (Å²) >= 11 is 5.84. The maximum atomic E-state index is 12.0. The minimum Gasteiger partial charge on any atom is -0.480 e. The fourth-order valence-corrected chi connectivity index (χ4v) is 1.99. The lowest BCUT2D eigenvalue weighted by Gasteiger charge is -2.20. The van der Waals surface area contributed by atoms with Crippen LogP contribution in [0.5, 0.6) is 5.75 Å². The molecule has 0 spiro atoms. The molecule has 0 saturated heterocycles. The topological polar surface area (TPSA) is 75.6 Å². The van der Waals surface area contributed by atoms with Gasteiger partial charge in [0, 0.05) is 11.1 Å². The first-order chi connectivity index (χ1) is 9.88. The zero-order chi connectivity index (χ0) is 16.0. The number of aromatic carboxylic acids is 1. The quantitative estimate of drug-likeness (QED) is 0.811. The molecule has 0 aliphatic heterocycles. The molecule has 0 aromatic heterocycles. The van der Waals surface area contributed by atoms with E-state index in [1.165, 1.54) is 18.2 Å². The van der Waals surface area contributed by atoms with Crippen molar-refractivity contribution in [3.63, 3.8) is 0 Å². The van der Waals surface area contributed by atoms with Crippen LogP contribution in [0.4, 0.5) is 0 Å². The number of rotatable bonds is 7. The Labute approximate surface area is 129 Å². The molecule has 2 N–H and O–H groups in total. The van der Waals surface area contributed by atoms with E-state index in [9.17, 15) is 9.59 Å². The molecule has 21 heavy (non-hydrogen) atoms. The van der Waals surface area contributed by atoms with Gasteiger partial charge in [0.15, 0.2) is 6.10 Å². The standard InChI is InChI=1S/C15H20ClNO4/c1-4-11(5-2)17-14(18)9(3)21-13-8-10(16)6-7-12(13)15(19)20/h6-9,11H,4-5H2,1-3H3,(H,17,18)(H,19,20). The van der Waals surface area contributed by atoms with Crippen LogP contribution >= 0.6 is 11.6 Å². The number of carbonyl (C=O) groups is 2. The second kappa shape index (κ2) is 7.88.